The van der Waals surface area contributed by atoms with E-state index < -0.39 is 0 Å². The lowest BCUT2D eigenvalue weighted by Gasteiger charge is -2.22. The average molecular weight is 239 g/mol. The van der Waals surface area contributed by atoms with E-state index >= 15 is 0 Å². The van der Waals surface area contributed by atoms with Gasteiger partial charge >= 0.3 is 0 Å². The summed E-state index contributed by atoms with van der Waals surface area (Å²) in [6, 6.07) is 0. The molecular formula is C12H15ClN2O. The molecule has 1 rings (SSSR count). The molecule has 0 atom stereocenters. The van der Waals surface area contributed by atoms with E-state index in [1.807, 2.05) is 20.8 Å². The van der Waals surface area contributed by atoms with E-state index in [1.165, 1.54) is 0 Å². The normalized spacial score (nSPS) is 11.0. The van der Waals surface area contributed by atoms with Crippen molar-refractivity contribution in [1.29, 1.82) is 0 Å². The van der Waals surface area contributed by atoms with Gasteiger partial charge in [0, 0.05) is 0 Å². The third-order valence-corrected chi connectivity index (χ3v) is 1.88. The smallest absolute Gasteiger partial charge is 0.226 e. The second-order valence-corrected chi connectivity index (χ2v) is 4.56. The molecule has 0 saturated carbocycles. The molecule has 16 heavy (non-hydrogen) atoms. The zero-order valence-electron chi connectivity index (χ0n) is 9.75. The van der Waals surface area contributed by atoms with Crippen LogP contribution in [0.2, 0.25) is 5.28 Å². The van der Waals surface area contributed by atoms with E-state index in [-0.39, 0.29) is 10.9 Å². The fourth-order valence-corrected chi connectivity index (χ4v) is 1.32. The van der Waals surface area contributed by atoms with Crippen molar-refractivity contribution >= 4 is 23.8 Å². The Labute approximate surface area is 101 Å². The van der Waals surface area contributed by atoms with E-state index in [9.17, 15) is 0 Å². The van der Waals surface area contributed by atoms with Gasteiger partial charge in [0.15, 0.2) is 0 Å². The minimum absolute atomic E-state index is 0.139. The standard InChI is InChI=1S/C12H15ClN2O/c1-6-8-9(7-2)14-11(13)15-10(8)16-12(3,4)5/h6-7H,1-2H2,3-5H3. The van der Waals surface area contributed by atoms with Gasteiger partial charge in [0.05, 0.1) is 11.3 Å². The molecule has 0 amide bonds. The molecule has 0 aliphatic rings. The van der Waals surface area contributed by atoms with Crippen LogP contribution in [0.1, 0.15) is 32.0 Å². The molecule has 0 radical (unpaired) electrons. The van der Waals surface area contributed by atoms with Crippen molar-refractivity contribution in [2.45, 2.75) is 26.4 Å². The Morgan fingerprint density at radius 1 is 1.19 bits per heavy atom. The number of hydrogen-bond donors (Lipinski definition) is 0. The molecule has 0 fully saturated rings. The maximum atomic E-state index is 5.80. The van der Waals surface area contributed by atoms with Crippen LogP contribution in [0.15, 0.2) is 13.2 Å². The predicted octanol–water partition coefficient (Wildman–Crippen LogP) is 3.59. The third kappa shape index (κ3) is 3.07. The summed E-state index contributed by atoms with van der Waals surface area (Å²) in [5.74, 6) is 0.428. The van der Waals surface area contributed by atoms with Crippen molar-refractivity contribution < 1.29 is 4.74 Å². The lowest BCUT2D eigenvalue weighted by atomic mass is 10.1. The summed E-state index contributed by atoms with van der Waals surface area (Å²) in [5.41, 5.74) is 0.969. The van der Waals surface area contributed by atoms with E-state index in [4.69, 9.17) is 16.3 Å². The lowest BCUT2D eigenvalue weighted by Crippen LogP contribution is -2.24. The van der Waals surface area contributed by atoms with Crippen LogP contribution < -0.4 is 4.74 Å². The van der Waals surface area contributed by atoms with Crippen molar-refractivity contribution in [3.8, 4) is 5.88 Å². The first-order valence-electron chi connectivity index (χ1n) is 4.89. The Morgan fingerprint density at radius 3 is 2.25 bits per heavy atom. The molecule has 0 unspecified atom stereocenters. The second-order valence-electron chi connectivity index (χ2n) is 4.22. The van der Waals surface area contributed by atoms with Crippen LogP contribution in [-0.2, 0) is 0 Å². The quantitative estimate of drug-likeness (QED) is 0.755. The maximum Gasteiger partial charge on any atom is 0.226 e. The molecule has 0 saturated heterocycles. The van der Waals surface area contributed by atoms with Gasteiger partial charge in [0.25, 0.3) is 0 Å². The minimum atomic E-state index is -0.353. The third-order valence-electron chi connectivity index (χ3n) is 1.71. The maximum absolute atomic E-state index is 5.80. The number of halogens is 1. The highest BCUT2D eigenvalue weighted by molar-refractivity contribution is 6.28. The Morgan fingerprint density at radius 2 is 1.81 bits per heavy atom. The fourth-order valence-electron chi connectivity index (χ4n) is 1.15. The number of rotatable bonds is 3. The Balaban J connectivity index is 3.31. The molecule has 0 aliphatic heterocycles. The van der Waals surface area contributed by atoms with Crippen molar-refractivity contribution in [2.24, 2.45) is 0 Å². The monoisotopic (exact) mass is 238 g/mol. The van der Waals surface area contributed by atoms with Gasteiger partial charge in [-0.05, 0) is 38.4 Å². The highest BCUT2D eigenvalue weighted by Gasteiger charge is 2.17. The Kier molecular flexibility index (Phi) is 3.70. The van der Waals surface area contributed by atoms with Crippen LogP contribution in [0.3, 0.4) is 0 Å². The highest BCUT2D eigenvalue weighted by atomic mass is 35.5. The first-order chi connectivity index (χ1) is 7.37. The summed E-state index contributed by atoms with van der Waals surface area (Å²) in [5, 5.41) is 0.139. The van der Waals surface area contributed by atoms with Crippen LogP contribution in [-0.4, -0.2) is 15.6 Å². The topological polar surface area (TPSA) is 35.0 Å². The van der Waals surface area contributed by atoms with Crippen molar-refractivity contribution in [3.63, 3.8) is 0 Å². The van der Waals surface area contributed by atoms with Gasteiger partial charge in [-0.25, -0.2) is 4.98 Å². The molecule has 0 aromatic carbocycles. The molecule has 0 bridgehead atoms. The molecule has 0 spiro atoms. The zero-order valence-corrected chi connectivity index (χ0v) is 10.5. The van der Waals surface area contributed by atoms with Crippen LogP contribution in [0.5, 0.6) is 5.88 Å². The molecule has 0 aliphatic carbocycles. The van der Waals surface area contributed by atoms with Gasteiger partial charge < -0.3 is 4.74 Å². The van der Waals surface area contributed by atoms with Crippen molar-refractivity contribution in [3.05, 3.63) is 29.7 Å². The van der Waals surface area contributed by atoms with Crippen LogP contribution in [0, 0.1) is 0 Å². The number of nitrogens with zero attached hydrogens (tertiary/aromatic N) is 2. The van der Waals surface area contributed by atoms with Gasteiger partial charge in [0.1, 0.15) is 5.60 Å². The van der Waals surface area contributed by atoms with E-state index in [1.54, 1.807) is 12.2 Å². The summed E-state index contributed by atoms with van der Waals surface area (Å²) >= 11 is 5.80. The van der Waals surface area contributed by atoms with Gasteiger partial charge in [-0.2, -0.15) is 4.98 Å². The number of hydrogen-bond acceptors (Lipinski definition) is 3. The van der Waals surface area contributed by atoms with E-state index in [2.05, 4.69) is 23.1 Å². The lowest BCUT2D eigenvalue weighted by molar-refractivity contribution is 0.123. The summed E-state index contributed by atoms with van der Waals surface area (Å²) in [6.45, 7) is 13.2. The molecule has 1 aromatic heterocycles. The van der Waals surface area contributed by atoms with Crippen molar-refractivity contribution in [2.75, 3.05) is 0 Å². The second kappa shape index (κ2) is 4.66. The molecule has 4 heteroatoms. The van der Waals surface area contributed by atoms with Crippen LogP contribution in [0.4, 0.5) is 0 Å². The molecule has 1 aromatic rings. The summed E-state index contributed by atoms with van der Waals surface area (Å²) in [6.07, 6.45) is 3.23. The van der Waals surface area contributed by atoms with Gasteiger partial charge in [-0.3, -0.25) is 0 Å². The first-order valence-corrected chi connectivity index (χ1v) is 5.26. The zero-order chi connectivity index (χ0) is 12.3. The van der Waals surface area contributed by atoms with Crippen molar-refractivity contribution in [1.82, 2.24) is 9.97 Å². The van der Waals surface area contributed by atoms with Gasteiger partial charge in [0.2, 0.25) is 11.2 Å². The largest absolute Gasteiger partial charge is 0.471 e. The average Bonchev–Trinajstić information content (AvgIpc) is 2.14. The Bertz CT molecular complexity index is 422. The molecular weight excluding hydrogens is 224 g/mol. The summed E-state index contributed by atoms with van der Waals surface area (Å²) < 4.78 is 5.69. The number of aromatic nitrogens is 2. The van der Waals surface area contributed by atoms with E-state index in [0.29, 0.717) is 17.1 Å². The first kappa shape index (κ1) is 12.7. The van der Waals surface area contributed by atoms with Gasteiger partial charge in [-0.1, -0.05) is 19.2 Å². The minimum Gasteiger partial charge on any atom is -0.471 e. The fraction of sp³-hybridized carbons (Fsp3) is 0.333. The summed E-state index contributed by atoms with van der Waals surface area (Å²) in [7, 11) is 0. The molecule has 0 N–H and O–H groups in total. The SMILES string of the molecule is C=Cc1nc(Cl)nc(OC(C)(C)C)c1C=C. The molecule has 3 nitrogen and oxygen atoms in total. The molecule has 86 valence electrons. The summed E-state index contributed by atoms with van der Waals surface area (Å²) in [4.78, 5) is 8.09. The van der Waals surface area contributed by atoms with Gasteiger partial charge in [-0.15, -0.1) is 0 Å². The predicted molar refractivity (Wildman–Crippen MR) is 67.6 cm³/mol. The van der Waals surface area contributed by atoms with Crippen LogP contribution >= 0.6 is 11.6 Å². The number of ether oxygens (including phenoxy) is 1. The van der Waals surface area contributed by atoms with E-state index in [0.717, 1.165) is 0 Å². The molecule has 1 heterocycles. The highest BCUT2D eigenvalue weighted by Crippen LogP contribution is 2.26. The Hall–Kier alpha value is -1.35. The van der Waals surface area contributed by atoms with Crippen LogP contribution in [0.25, 0.3) is 12.2 Å².